The highest BCUT2D eigenvalue weighted by Crippen LogP contribution is 2.41. The molecule has 0 heterocycles. The summed E-state index contributed by atoms with van der Waals surface area (Å²) in [5.74, 6) is -13.9. The number of Topliss-reactive ketones (excluding diaryl/α,β-unsaturated/α-hetero) is 1. The van der Waals surface area contributed by atoms with Gasteiger partial charge in [-0.1, -0.05) is 6.42 Å². The Bertz CT molecular complexity index is 1020. The molecule has 14 heteroatoms. The lowest BCUT2D eigenvalue weighted by molar-refractivity contribution is -0.152. The highest BCUT2D eigenvalue weighted by molar-refractivity contribution is 6.08. The molecule has 1 fully saturated rings. The number of hydrogen-bond donors (Lipinski definition) is 3. The van der Waals surface area contributed by atoms with E-state index < -0.39 is 89.5 Å². The number of nitrogens with zero attached hydrogens (tertiary/aromatic N) is 1. The molecule has 0 saturated heterocycles. The topological polar surface area (TPSA) is 142 Å². The Balaban J connectivity index is 2.13. The molecule has 3 amide bonds. The number of nitrogens with one attached hydrogen (secondary N) is 2. The molecular formula is C21H23F4N3O7. The lowest BCUT2D eigenvalue weighted by Crippen LogP contribution is -2.59. The van der Waals surface area contributed by atoms with Gasteiger partial charge in [0.1, 0.15) is 18.1 Å². The van der Waals surface area contributed by atoms with Gasteiger partial charge in [0.05, 0.1) is 13.0 Å². The standard InChI is InChI=1S/C21H23F4N3O7/c1-28(2)14(30)8-26-19(33)21(4-3-5-21)20(34)27-12(7-15(31)32)13(29)9-35-18-16(24)10(22)6-11(23)17(18)25/h6,12H,3-5,7-9H2,1-2H3,(H,26,33)(H,27,34)(H,31,32). The van der Waals surface area contributed by atoms with Crippen LogP contribution in [0.2, 0.25) is 0 Å². The molecule has 1 aliphatic rings. The normalized spacial score (nSPS) is 14.8. The van der Waals surface area contributed by atoms with E-state index in [9.17, 15) is 41.5 Å². The van der Waals surface area contributed by atoms with E-state index in [1.54, 1.807) is 0 Å². The summed E-state index contributed by atoms with van der Waals surface area (Å²) in [6.45, 7) is -1.64. The minimum absolute atomic E-state index is 0.0598. The smallest absolute Gasteiger partial charge is 0.305 e. The van der Waals surface area contributed by atoms with Crippen molar-refractivity contribution in [3.63, 3.8) is 0 Å². The van der Waals surface area contributed by atoms with Crippen LogP contribution in [0.5, 0.6) is 5.75 Å². The van der Waals surface area contributed by atoms with Crippen molar-refractivity contribution in [2.24, 2.45) is 5.41 Å². The van der Waals surface area contributed by atoms with Crippen molar-refractivity contribution >= 4 is 29.5 Å². The van der Waals surface area contributed by atoms with Crippen LogP contribution in [0.15, 0.2) is 6.07 Å². The molecule has 0 aliphatic heterocycles. The first kappa shape index (κ1) is 27.5. The number of ketones is 1. The van der Waals surface area contributed by atoms with E-state index in [4.69, 9.17) is 5.11 Å². The maximum atomic E-state index is 13.7. The van der Waals surface area contributed by atoms with Crippen molar-refractivity contribution in [2.75, 3.05) is 27.2 Å². The van der Waals surface area contributed by atoms with Crippen molar-refractivity contribution in [1.29, 1.82) is 0 Å². The van der Waals surface area contributed by atoms with Gasteiger partial charge in [0.2, 0.25) is 29.4 Å². The zero-order valence-corrected chi connectivity index (χ0v) is 18.8. The average Bonchev–Trinajstić information content (AvgIpc) is 2.74. The highest BCUT2D eigenvalue weighted by atomic mass is 19.2. The SMILES string of the molecule is CN(C)C(=O)CNC(=O)C1(C(=O)NC(CC(=O)O)C(=O)COc2c(F)c(F)cc(F)c2F)CCC1. The van der Waals surface area contributed by atoms with Crippen LogP contribution < -0.4 is 15.4 Å². The van der Waals surface area contributed by atoms with E-state index >= 15 is 0 Å². The third kappa shape index (κ3) is 6.25. The Labute approximate surface area is 196 Å². The Morgan fingerprint density at radius 1 is 1.06 bits per heavy atom. The molecule has 1 unspecified atom stereocenters. The summed E-state index contributed by atoms with van der Waals surface area (Å²) in [5.41, 5.74) is -1.66. The second-order valence-electron chi connectivity index (χ2n) is 8.08. The van der Waals surface area contributed by atoms with Gasteiger partial charge in [-0.25, -0.2) is 8.78 Å². The Kier molecular flexibility index (Phi) is 8.77. The van der Waals surface area contributed by atoms with Crippen LogP contribution in [0.3, 0.4) is 0 Å². The van der Waals surface area contributed by atoms with Gasteiger partial charge in [0.15, 0.2) is 23.2 Å². The van der Waals surface area contributed by atoms with Crippen molar-refractivity contribution in [2.45, 2.75) is 31.7 Å². The van der Waals surface area contributed by atoms with Gasteiger partial charge >= 0.3 is 5.97 Å². The number of hydrogen-bond acceptors (Lipinski definition) is 6. The molecule has 0 bridgehead atoms. The van der Waals surface area contributed by atoms with Crippen LogP contribution in [0.1, 0.15) is 25.7 Å². The van der Waals surface area contributed by atoms with E-state index in [1.165, 1.54) is 19.0 Å². The van der Waals surface area contributed by atoms with E-state index in [1.807, 2.05) is 0 Å². The monoisotopic (exact) mass is 505 g/mol. The summed E-state index contributed by atoms with van der Waals surface area (Å²) in [5, 5.41) is 13.5. The largest absolute Gasteiger partial charge is 0.481 e. The maximum Gasteiger partial charge on any atom is 0.305 e. The number of carboxylic acid groups (broad SMARTS) is 1. The molecule has 0 radical (unpaired) electrons. The predicted octanol–water partition coefficient (Wildman–Crippen LogP) is 0.525. The summed E-state index contributed by atoms with van der Waals surface area (Å²) in [7, 11) is 2.92. The zero-order valence-electron chi connectivity index (χ0n) is 18.8. The third-order valence-corrected chi connectivity index (χ3v) is 5.48. The molecule has 2 rings (SSSR count). The zero-order chi connectivity index (χ0) is 26.5. The minimum atomic E-state index is -1.91. The summed E-state index contributed by atoms with van der Waals surface area (Å²) in [6.07, 6.45) is -0.394. The van der Waals surface area contributed by atoms with Gasteiger partial charge < -0.3 is 25.4 Å². The van der Waals surface area contributed by atoms with Crippen LogP contribution in [0, 0.1) is 28.7 Å². The fourth-order valence-electron chi connectivity index (χ4n) is 3.21. The number of benzene rings is 1. The Morgan fingerprint density at radius 2 is 1.63 bits per heavy atom. The maximum absolute atomic E-state index is 13.7. The summed E-state index contributed by atoms with van der Waals surface area (Å²) in [6, 6.07) is -1.86. The van der Waals surface area contributed by atoms with Gasteiger partial charge in [-0.3, -0.25) is 24.0 Å². The molecule has 3 N–H and O–H groups in total. The molecule has 10 nitrogen and oxygen atoms in total. The van der Waals surface area contributed by atoms with Crippen LogP contribution >= 0.6 is 0 Å². The van der Waals surface area contributed by atoms with E-state index in [-0.39, 0.29) is 18.9 Å². The molecule has 1 aromatic carbocycles. The van der Waals surface area contributed by atoms with Crippen molar-refractivity contribution in [1.82, 2.24) is 15.5 Å². The molecule has 35 heavy (non-hydrogen) atoms. The summed E-state index contributed by atoms with van der Waals surface area (Å²) >= 11 is 0. The lowest BCUT2D eigenvalue weighted by atomic mass is 9.67. The minimum Gasteiger partial charge on any atom is -0.481 e. The van der Waals surface area contributed by atoms with Crippen LogP contribution in [-0.4, -0.2) is 72.8 Å². The lowest BCUT2D eigenvalue weighted by Gasteiger charge is -2.39. The molecule has 1 aromatic rings. The molecular weight excluding hydrogens is 482 g/mol. The van der Waals surface area contributed by atoms with Gasteiger partial charge in [-0.2, -0.15) is 8.78 Å². The van der Waals surface area contributed by atoms with Crippen molar-refractivity contribution < 1.29 is 51.4 Å². The number of likely N-dealkylation sites (N-methyl/N-ethyl adjacent to an activating group) is 1. The number of carbonyl (C=O) groups is 5. The second kappa shape index (κ2) is 11.1. The third-order valence-electron chi connectivity index (χ3n) is 5.48. The fourth-order valence-corrected chi connectivity index (χ4v) is 3.21. The number of carbonyl (C=O) groups excluding carboxylic acids is 4. The molecule has 1 aliphatic carbocycles. The summed E-state index contributed by atoms with van der Waals surface area (Å²) in [4.78, 5) is 62.1. The van der Waals surface area contributed by atoms with Gasteiger partial charge in [0.25, 0.3) is 0 Å². The first-order valence-corrected chi connectivity index (χ1v) is 10.3. The fraction of sp³-hybridized carbons (Fsp3) is 0.476. The first-order chi connectivity index (χ1) is 16.3. The van der Waals surface area contributed by atoms with Crippen LogP contribution in [0.25, 0.3) is 0 Å². The predicted molar refractivity (Wildman–Crippen MR) is 109 cm³/mol. The quantitative estimate of drug-likeness (QED) is 0.226. The number of amides is 3. The molecule has 0 spiro atoms. The average molecular weight is 505 g/mol. The Morgan fingerprint density at radius 3 is 2.09 bits per heavy atom. The van der Waals surface area contributed by atoms with Crippen LogP contribution in [0.4, 0.5) is 17.6 Å². The number of rotatable bonds is 11. The van der Waals surface area contributed by atoms with Crippen LogP contribution in [-0.2, 0) is 24.0 Å². The highest BCUT2D eigenvalue weighted by Gasteiger charge is 2.51. The molecule has 192 valence electrons. The van der Waals surface area contributed by atoms with Gasteiger partial charge in [-0.05, 0) is 12.8 Å². The number of aliphatic carboxylic acids is 1. The first-order valence-electron chi connectivity index (χ1n) is 10.3. The van der Waals surface area contributed by atoms with E-state index in [0.717, 1.165) is 0 Å². The number of halogens is 4. The van der Waals surface area contributed by atoms with E-state index in [2.05, 4.69) is 15.4 Å². The molecule has 1 saturated carbocycles. The van der Waals surface area contributed by atoms with Gasteiger partial charge in [-0.15, -0.1) is 0 Å². The van der Waals surface area contributed by atoms with E-state index in [0.29, 0.717) is 6.42 Å². The molecule has 1 atom stereocenters. The second-order valence-corrected chi connectivity index (χ2v) is 8.08. The Hall–Kier alpha value is -3.71. The number of ether oxygens (including phenoxy) is 1. The molecule has 0 aromatic heterocycles. The van der Waals surface area contributed by atoms with Gasteiger partial charge in [0, 0.05) is 20.2 Å². The summed E-state index contributed by atoms with van der Waals surface area (Å²) < 4.78 is 58.7. The number of carboxylic acids is 1. The van der Waals surface area contributed by atoms with Crippen molar-refractivity contribution in [3.8, 4) is 5.75 Å². The van der Waals surface area contributed by atoms with Crippen molar-refractivity contribution in [3.05, 3.63) is 29.3 Å².